The molecule has 1 atom stereocenters. The van der Waals surface area contributed by atoms with Gasteiger partial charge in [0.05, 0.1) is 48.6 Å². The molecule has 160 valence electrons. The minimum Gasteiger partial charge on any atom is -0.493 e. The number of benzene rings is 2. The van der Waals surface area contributed by atoms with Crippen LogP contribution in [-0.4, -0.2) is 48.4 Å². The van der Waals surface area contributed by atoms with Gasteiger partial charge in [0.15, 0.2) is 28.8 Å². The van der Waals surface area contributed by atoms with Crippen LogP contribution in [0, 0.1) is 0 Å². The van der Waals surface area contributed by atoms with E-state index in [1.165, 1.54) is 0 Å². The predicted molar refractivity (Wildman–Crippen MR) is 113 cm³/mol. The molecule has 3 rings (SSSR count). The first-order valence-corrected chi connectivity index (χ1v) is 9.37. The topological polar surface area (TPSA) is 72.5 Å². The Balaban J connectivity index is 1.99. The van der Waals surface area contributed by atoms with E-state index in [-0.39, 0.29) is 11.7 Å². The smallest absolute Gasteiger partial charge is 0.203 e. The molecule has 2 aromatic carbocycles. The number of methoxy groups -OCH3 is 6. The summed E-state index contributed by atoms with van der Waals surface area (Å²) in [7, 11) is 9.29. The van der Waals surface area contributed by atoms with Gasteiger partial charge in [0.1, 0.15) is 0 Å². The third-order valence-corrected chi connectivity index (χ3v) is 5.20. The minimum absolute atomic E-state index is 0.00135. The summed E-state index contributed by atoms with van der Waals surface area (Å²) in [5, 5.41) is 0. The van der Waals surface area contributed by atoms with Gasteiger partial charge in [-0.3, -0.25) is 4.79 Å². The molecule has 0 spiro atoms. The van der Waals surface area contributed by atoms with Crippen molar-refractivity contribution in [3.8, 4) is 34.5 Å². The van der Waals surface area contributed by atoms with Gasteiger partial charge in [-0.2, -0.15) is 0 Å². The maximum atomic E-state index is 13.3. The molecule has 0 N–H and O–H groups in total. The van der Waals surface area contributed by atoms with Gasteiger partial charge in [0.25, 0.3) is 0 Å². The fraction of sp³-hybridized carbons (Fsp3) is 0.348. The summed E-state index contributed by atoms with van der Waals surface area (Å²) in [6.07, 6.45) is 2.49. The summed E-state index contributed by atoms with van der Waals surface area (Å²) in [5.74, 6) is 2.64. The molecule has 7 heteroatoms. The molecule has 0 aromatic heterocycles. The van der Waals surface area contributed by atoms with Crippen LogP contribution >= 0.6 is 0 Å². The van der Waals surface area contributed by atoms with E-state index in [4.69, 9.17) is 28.4 Å². The Kier molecular flexibility index (Phi) is 6.40. The molecule has 0 aliphatic heterocycles. The average molecular weight is 414 g/mol. The molecule has 1 aliphatic carbocycles. The molecule has 0 saturated heterocycles. The molecule has 0 amide bonds. The first-order chi connectivity index (χ1) is 14.5. The van der Waals surface area contributed by atoms with E-state index in [9.17, 15) is 4.79 Å². The highest BCUT2D eigenvalue weighted by molar-refractivity contribution is 6.25. The van der Waals surface area contributed by atoms with Crippen molar-refractivity contribution < 1.29 is 33.2 Å². The predicted octanol–water partition coefficient (Wildman–Crippen LogP) is 3.88. The fourth-order valence-electron chi connectivity index (χ4n) is 3.72. The van der Waals surface area contributed by atoms with E-state index >= 15 is 0 Å². The Morgan fingerprint density at radius 2 is 1.10 bits per heavy atom. The molecule has 0 heterocycles. The van der Waals surface area contributed by atoms with Gasteiger partial charge in [-0.25, -0.2) is 0 Å². The Labute approximate surface area is 176 Å². The number of Topliss-reactive ketones (excluding diaryl/α,β-unsaturated/α-hetero) is 1. The summed E-state index contributed by atoms with van der Waals surface area (Å²) in [5.41, 5.74) is 2.12. The number of allylic oxidation sites excluding steroid dienone is 2. The quantitative estimate of drug-likeness (QED) is 0.649. The molecule has 7 nitrogen and oxygen atoms in total. The summed E-state index contributed by atoms with van der Waals surface area (Å²) < 4.78 is 32.5. The zero-order chi connectivity index (χ0) is 21.8. The molecular weight excluding hydrogens is 388 g/mol. The van der Waals surface area contributed by atoms with Gasteiger partial charge in [-0.1, -0.05) is 6.08 Å². The second-order valence-corrected chi connectivity index (χ2v) is 6.64. The van der Waals surface area contributed by atoms with Gasteiger partial charge < -0.3 is 28.4 Å². The highest BCUT2D eigenvalue weighted by atomic mass is 16.5. The standard InChI is InChI=1S/C23H26O7/c1-25-17-9-13(10-18(26-2)22(17)29-5)15-7-8-16(21(15)24)14-11-19(27-3)23(30-6)20(12-14)28-4/h7,9-12,16H,8H2,1-6H3. The number of rotatable bonds is 8. The number of ether oxygens (including phenoxy) is 6. The van der Waals surface area contributed by atoms with Crippen LogP contribution < -0.4 is 28.4 Å². The number of carbonyl (C=O) groups is 1. The SMILES string of the molecule is COc1cc(C2=CCC(c3cc(OC)c(OC)c(OC)c3)C2=O)cc(OC)c1OC. The van der Waals surface area contributed by atoms with Crippen molar-refractivity contribution in [1.29, 1.82) is 0 Å². The molecular formula is C23H26O7. The number of hydrogen-bond acceptors (Lipinski definition) is 7. The molecule has 2 aromatic rings. The average Bonchev–Trinajstić information content (AvgIpc) is 3.17. The van der Waals surface area contributed by atoms with E-state index in [1.54, 1.807) is 54.8 Å². The van der Waals surface area contributed by atoms with Crippen molar-refractivity contribution in [3.63, 3.8) is 0 Å². The Bertz CT molecular complexity index is 928. The lowest BCUT2D eigenvalue weighted by Gasteiger charge is -2.17. The van der Waals surface area contributed by atoms with Crippen LogP contribution in [0.5, 0.6) is 34.5 Å². The van der Waals surface area contributed by atoms with Crippen molar-refractivity contribution >= 4 is 11.4 Å². The Morgan fingerprint density at radius 1 is 0.667 bits per heavy atom. The van der Waals surface area contributed by atoms with Crippen molar-refractivity contribution in [3.05, 3.63) is 41.5 Å². The van der Waals surface area contributed by atoms with Crippen LogP contribution in [0.15, 0.2) is 30.3 Å². The van der Waals surface area contributed by atoms with Crippen molar-refractivity contribution in [2.24, 2.45) is 0 Å². The van der Waals surface area contributed by atoms with E-state index in [0.29, 0.717) is 52.1 Å². The second kappa shape index (κ2) is 8.98. The molecule has 0 radical (unpaired) electrons. The largest absolute Gasteiger partial charge is 0.493 e. The van der Waals surface area contributed by atoms with Crippen molar-refractivity contribution in [2.75, 3.05) is 42.7 Å². The maximum Gasteiger partial charge on any atom is 0.203 e. The number of ketones is 1. The van der Waals surface area contributed by atoms with Crippen LogP contribution in [0.25, 0.3) is 5.57 Å². The zero-order valence-corrected chi connectivity index (χ0v) is 18.0. The second-order valence-electron chi connectivity index (χ2n) is 6.64. The zero-order valence-electron chi connectivity index (χ0n) is 18.0. The van der Waals surface area contributed by atoms with Crippen LogP contribution in [-0.2, 0) is 4.79 Å². The summed E-state index contributed by atoms with van der Waals surface area (Å²) in [6, 6.07) is 7.19. The van der Waals surface area contributed by atoms with Crippen LogP contribution in [0.2, 0.25) is 0 Å². The number of hydrogen-bond donors (Lipinski definition) is 0. The van der Waals surface area contributed by atoms with Crippen LogP contribution in [0.1, 0.15) is 23.5 Å². The maximum absolute atomic E-state index is 13.3. The third kappa shape index (κ3) is 3.63. The first-order valence-electron chi connectivity index (χ1n) is 9.37. The minimum atomic E-state index is -0.354. The summed E-state index contributed by atoms with van der Waals surface area (Å²) >= 11 is 0. The Hall–Kier alpha value is -3.35. The van der Waals surface area contributed by atoms with Crippen LogP contribution in [0.4, 0.5) is 0 Å². The van der Waals surface area contributed by atoms with Gasteiger partial charge >= 0.3 is 0 Å². The Morgan fingerprint density at radius 3 is 1.50 bits per heavy atom. The lowest BCUT2D eigenvalue weighted by atomic mass is 9.92. The molecule has 0 saturated carbocycles. The van der Waals surface area contributed by atoms with E-state index < -0.39 is 0 Å². The molecule has 1 aliphatic rings. The van der Waals surface area contributed by atoms with Gasteiger partial charge in [0, 0.05) is 5.57 Å². The first kappa shape index (κ1) is 21.4. The molecule has 0 fully saturated rings. The molecule has 0 bridgehead atoms. The van der Waals surface area contributed by atoms with Crippen molar-refractivity contribution in [1.82, 2.24) is 0 Å². The van der Waals surface area contributed by atoms with E-state index in [2.05, 4.69) is 0 Å². The summed E-state index contributed by atoms with van der Waals surface area (Å²) in [4.78, 5) is 13.3. The van der Waals surface area contributed by atoms with Crippen LogP contribution in [0.3, 0.4) is 0 Å². The third-order valence-electron chi connectivity index (χ3n) is 5.20. The lowest BCUT2D eigenvalue weighted by molar-refractivity contribution is -0.114. The normalized spacial score (nSPS) is 15.5. The monoisotopic (exact) mass is 414 g/mol. The van der Waals surface area contributed by atoms with Crippen molar-refractivity contribution in [2.45, 2.75) is 12.3 Å². The van der Waals surface area contributed by atoms with E-state index in [1.807, 2.05) is 18.2 Å². The molecule has 30 heavy (non-hydrogen) atoms. The van der Waals surface area contributed by atoms with Gasteiger partial charge in [-0.05, 0) is 41.8 Å². The molecule has 1 unspecified atom stereocenters. The highest BCUT2D eigenvalue weighted by Gasteiger charge is 2.32. The highest BCUT2D eigenvalue weighted by Crippen LogP contribution is 2.46. The fourth-order valence-corrected chi connectivity index (χ4v) is 3.72. The van der Waals surface area contributed by atoms with Gasteiger partial charge in [0.2, 0.25) is 11.5 Å². The number of carbonyl (C=O) groups excluding carboxylic acids is 1. The lowest BCUT2D eigenvalue weighted by Crippen LogP contribution is -2.09. The van der Waals surface area contributed by atoms with E-state index in [0.717, 1.165) is 5.56 Å². The summed E-state index contributed by atoms with van der Waals surface area (Å²) in [6.45, 7) is 0. The van der Waals surface area contributed by atoms with Gasteiger partial charge in [-0.15, -0.1) is 0 Å².